The Bertz CT molecular complexity index is 435. The molecule has 1 heterocycles. The minimum atomic E-state index is 0.0421. The fourth-order valence-corrected chi connectivity index (χ4v) is 2.95. The maximum Gasteiger partial charge on any atom is 0.251 e. The van der Waals surface area contributed by atoms with Crippen molar-refractivity contribution in [1.29, 1.82) is 0 Å². The molecule has 0 aliphatic carbocycles. The number of hydrogen-bond donors (Lipinski definition) is 1. The molecule has 1 amide bonds. The van der Waals surface area contributed by atoms with Gasteiger partial charge in [-0.05, 0) is 57.0 Å². The Hall–Kier alpha value is -1.35. The molecular formula is C18H28N2O. The zero-order valence-corrected chi connectivity index (χ0v) is 13.4. The lowest BCUT2D eigenvalue weighted by molar-refractivity contribution is 0.0938. The first kappa shape index (κ1) is 16.0. The maximum absolute atomic E-state index is 12.1. The lowest BCUT2D eigenvalue weighted by Gasteiger charge is -2.26. The Balaban J connectivity index is 1.87. The Morgan fingerprint density at radius 1 is 1.19 bits per heavy atom. The third kappa shape index (κ3) is 5.16. The zero-order chi connectivity index (χ0) is 15.1. The lowest BCUT2D eigenvalue weighted by atomic mass is 10.1. The second-order valence-electron chi connectivity index (χ2n) is 6.20. The number of nitrogens with one attached hydrogen (secondary N) is 1. The van der Waals surface area contributed by atoms with Crippen LogP contribution in [0, 0.1) is 0 Å². The molecule has 1 aliphatic heterocycles. The first-order valence-electron chi connectivity index (χ1n) is 8.31. The fourth-order valence-electron chi connectivity index (χ4n) is 2.95. The van der Waals surface area contributed by atoms with Crippen LogP contribution in [0.25, 0.3) is 0 Å². The summed E-state index contributed by atoms with van der Waals surface area (Å²) in [6, 6.07) is 8.33. The molecule has 1 aromatic carbocycles. The topological polar surface area (TPSA) is 32.3 Å². The van der Waals surface area contributed by atoms with Gasteiger partial charge in [-0.25, -0.2) is 0 Å². The van der Waals surface area contributed by atoms with Gasteiger partial charge in [0.1, 0.15) is 0 Å². The molecule has 1 saturated heterocycles. The van der Waals surface area contributed by atoms with Crippen LogP contribution < -0.4 is 5.32 Å². The average molecular weight is 288 g/mol. The third-order valence-electron chi connectivity index (χ3n) is 4.17. The normalized spacial score (nSPS) is 17.4. The van der Waals surface area contributed by atoms with E-state index in [1.807, 2.05) is 12.1 Å². The van der Waals surface area contributed by atoms with Crippen molar-refractivity contribution in [3.05, 3.63) is 35.4 Å². The van der Waals surface area contributed by atoms with Gasteiger partial charge in [-0.15, -0.1) is 0 Å². The number of benzene rings is 1. The quantitative estimate of drug-likeness (QED) is 0.867. The molecule has 21 heavy (non-hydrogen) atoms. The van der Waals surface area contributed by atoms with Gasteiger partial charge in [0, 0.05) is 18.2 Å². The van der Waals surface area contributed by atoms with Crippen LogP contribution in [-0.2, 0) is 6.54 Å². The molecule has 116 valence electrons. The Morgan fingerprint density at radius 3 is 2.48 bits per heavy atom. The predicted octanol–water partition coefficient (Wildman–Crippen LogP) is 3.59. The monoisotopic (exact) mass is 288 g/mol. The van der Waals surface area contributed by atoms with E-state index < -0.39 is 0 Å². The highest BCUT2D eigenvalue weighted by molar-refractivity contribution is 5.94. The fraction of sp³-hybridized carbons (Fsp3) is 0.611. The molecular weight excluding hydrogens is 260 g/mol. The molecule has 0 unspecified atom stereocenters. The van der Waals surface area contributed by atoms with Crippen LogP contribution in [0.3, 0.4) is 0 Å². The second kappa shape index (κ2) is 8.18. The smallest absolute Gasteiger partial charge is 0.251 e. The summed E-state index contributed by atoms with van der Waals surface area (Å²) in [6.45, 7) is 7.62. The Kier molecular flexibility index (Phi) is 6.24. The first-order valence-corrected chi connectivity index (χ1v) is 8.31. The number of carbonyl (C=O) groups is 1. The van der Waals surface area contributed by atoms with Crippen molar-refractivity contribution in [2.75, 3.05) is 13.1 Å². The van der Waals surface area contributed by atoms with E-state index in [-0.39, 0.29) is 11.9 Å². The van der Waals surface area contributed by atoms with Gasteiger partial charge in [0.05, 0.1) is 0 Å². The average Bonchev–Trinajstić information content (AvgIpc) is 2.49. The van der Waals surface area contributed by atoms with Gasteiger partial charge in [-0.3, -0.25) is 9.69 Å². The van der Waals surface area contributed by atoms with Crippen molar-refractivity contribution < 1.29 is 4.79 Å². The summed E-state index contributed by atoms with van der Waals surface area (Å²) in [5.74, 6) is 0.0421. The first-order chi connectivity index (χ1) is 10.2. The molecule has 1 aromatic rings. The highest BCUT2D eigenvalue weighted by Gasteiger charge is 2.12. The van der Waals surface area contributed by atoms with E-state index in [0.717, 1.165) is 24.9 Å². The molecule has 3 heteroatoms. The van der Waals surface area contributed by atoms with Crippen molar-refractivity contribution in [2.45, 2.75) is 58.5 Å². The molecule has 1 aliphatic rings. The van der Waals surface area contributed by atoms with Crippen LogP contribution in [-0.4, -0.2) is 29.9 Å². The van der Waals surface area contributed by atoms with Gasteiger partial charge in [-0.1, -0.05) is 31.9 Å². The molecule has 0 spiro atoms. The van der Waals surface area contributed by atoms with E-state index in [2.05, 4.69) is 36.2 Å². The molecule has 0 aromatic heterocycles. The van der Waals surface area contributed by atoms with Crippen LogP contribution in [0.15, 0.2) is 24.3 Å². The van der Waals surface area contributed by atoms with Crippen LogP contribution in [0.4, 0.5) is 0 Å². The van der Waals surface area contributed by atoms with Crippen molar-refractivity contribution in [3.63, 3.8) is 0 Å². The highest BCUT2D eigenvalue weighted by Crippen LogP contribution is 2.13. The van der Waals surface area contributed by atoms with Crippen LogP contribution in [0.5, 0.6) is 0 Å². The summed E-state index contributed by atoms with van der Waals surface area (Å²) in [5.41, 5.74) is 2.07. The maximum atomic E-state index is 12.1. The SMILES string of the molecule is CCC[C@H](C)NC(=O)c1ccc(CN2CCCCC2)cc1. The molecule has 1 N–H and O–H groups in total. The highest BCUT2D eigenvalue weighted by atomic mass is 16.1. The third-order valence-corrected chi connectivity index (χ3v) is 4.17. The lowest BCUT2D eigenvalue weighted by Crippen LogP contribution is -2.32. The number of nitrogens with zero attached hydrogens (tertiary/aromatic N) is 1. The standard InChI is InChI=1S/C18H28N2O/c1-3-7-15(2)19-18(21)17-10-8-16(9-11-17)14-20-12-5-4-6-13-20/h8-11,15H,3-7,12-14H2,1-2H3,(H,19,21)/t15-/m0/s1. The molecule has 3 nitrogen and oxygen atoms in total. The molecule has 0 radical (unpaired) electrons. The molecule has 0 saturated carbocycles. The molecule has 1 fully saturated rings. The van der Waals surface area contributed by atoms with E-state index >= 15 is 0 Å². The summed E-state index contributed by atoms with van der Waals surface area (Å²) >= 11 is 0. The number of likely N-dealkylation sites (tertiary alicyclic amines) is 1. The van der Waals surface area contributed by atoms with E-state index in [1.165, 1.54) is 37.9 Å². The number of hydrogen-bond acceptors (Lipinski definition) is 2. The van der Waals surface area contributed by atoms with Crippen LogP contribution >= 0.6 is 0 Å². The van der Waals surface area contributed by atoms with Gasteiger partial charge in [0.2, 0.25) is 0 Å². The number of rotatable bonds is 6. The van der Waals surface area contributed by atoms with Gasteiger partial charge in [-0.2, -0.15) is 0 Å². The summed E-state index contributed by atoms with van der Waals surface area (Å²) in [4.78, 5) is 14.6. The minimum Gasteiger partial charge on any atom is -0.350 e. The second-order valence-corrected chi connectivity index (χ2v) is 6.20. The van der Waals surface area contributed by atoms with Crippen molar-refractivity contribution in [3.8, 4) is 0 Å². The Morgan fingerprint density at radius 2 is 1.86 bits per heavy atom. The van der Waals surface area contributed by atoms with Gasteiger partial charge >= 0.3 is 0 Å². The largest absolute Gasteiger partial charge is 0.350 e. The van der Waals surface area contributed by atoms with Crippen molar-refractivity contribution >= 4 is 5.91 Å². The number of amides is 1. The van der Waals surface area contributed by atoms with E-state index in [0.29, 0.717) is 0 Å². The van der Waals surface area contributed by atoms with Crippen molar-refractivity contribution in [1.82, 2.24) is 10.2 Å². The van der Waals surface area contributed by atoms with Crippen LogP contribution in [0.1, 0.15) is 61.9 Å². The van der Waals surface area contributed by atoms with Gasteiger partial charge < -0.3 is 5.32 Å². The molecule has 1 atom stereocenters. The molecule has 2 rings (SSSR count). The minimum absolute atomic E-state index is 0.0421. The summed E-state index contributed by atoms with van der Waals surface area (Å²) in [7, 11) is 0. The number of carbonyl (C=O) groups excluding carboxylic acids is 1. The predicted molar refractivity (Wildman–Crippen MR) is 87.4 cm³/mol. The van der Waals surface area contributed by atoms with E-state index in [4.69, 9.17) is 0 Å². The Labute approximate surface area is 128 Å². The van der Waals surface area contributed by atoms with E-state index in [1.54, 1.807) is 0 Å². The number of piperidine rings is 1. The van der Waals surface area contributed by atoms with Gasteiger partial charge in [0.15, 0.2) is 0 Å². The molecule has 0 bridgehead atoms. The zero-order valence-electron chi connectivity index (χ0n) is 13.4. The van der Waals surface area contributed by atoms with Crippen molar-refractivity contribution in [2.24, 2.45) is 0 Å². The van der Waals surface area contributed by atoms with E-state index in [9.17, 15) is 4.79 Å². The van der Waals surface area contributed by atoms with Crippen LogP contribution in [0.2, 0.25) is 0 Å². The summed E-state index contributed by atoms with van der Waals surface area (Å²) in [5, 5.41) is 3.05. The summed E-state index contributed by atoms with van der Waals surface area (Å²) < 4.78 is 0. The summed E-state index contributed by atoms with van der Waals surface area (Å²) in [6.07, 6.45) is 6.12. The van der Waals surface area contributed by atoms with Gasteiger partial charge in [0.25, 0.3) is 5.91 Å².